The van der Waals surface area contributed by atoms with Crippen molar-refractivity contribution in [2.24, 2.45) is 0 Å². The predicted molar refractivity (Wildman–Crippen MR) is 44.0 cm³/mol. The average molecular weight is 174 g/mol. The largest absolute Gasteiger partial charge is 0.383 e. The van der Waals surface area contributed by atoms with Crippen LogP contribution in [0.1, 0.15) is 6.92 Å². The van der Waals surface area contributed by atoms with Gasteiger partial charge in [0.05, 0.1) is 13.2 Å². The van der Waals surface area contributed by atoms with Gasteiger partial charge in [-0.2, -0.15) is 0 Å². The van der Waals surface area contributed by atoms with Crippen molar-refractivity contribution in [2.45, 2.75) is 6.92 Å². The summed E-state index contributed by atoms with van der Waals surface area (Å²) < 4.78 is 4.71. The van der Waals surface area contributed by atoms with Crippen LogP contribution in [0.15, 0.2) is 0 Å². The van der Waals surface area contributed by atoms with Crippen molar-refractivity contribution in [2.75, 3.05) is 26.8 Å². The molecule has 0 aromatic rings. The molecule has 2 amide bonds. The van der Waals surface area contributed by atoms with Gasteiger partial charge in [-0.1, -0.05) is 0 Å². The van der Waals surface area contributed by atoms with E-state index in [0.717, 1.165) is 0 Å². The molecule has 0 aromatic carbocycles. The second-order valence-corrected chi connectivity index (χ2v) is 2.30. The lowest BCUT2D eigenvalue weighted by Crippen LogP contribution is -2.39. The molecule has 0 spiro atoms. The van der Waals surface area contributed by atoms with Crippen molar-refractivity contribution in [3.63, 3.8) is 0 Å². The van der Waals surface area contributed by atoms with Gasteiger partial charge in [0.1, 0.15) is 5.78 Å². The number of Topliss-reactive ketones (excluding diaryl/α,β-unsaturated/α-hetero) is 1. The molecule has 0 heterocycles. The maximum Gasteiger partial charge on any atom is 0.315 e. The Hall–Kier alpha value is -1.10. The molecule has 0 saturated heterocycles. The first-order chi connectivity index (χ1) is 5.66. The van der Waals surface area contributed by atoms with Crippen molar-refractivity contribution >= 4 is 11.8 Å². The molecule has 0 atom stereocenters. The lowest BCUT2D eigenvalue weighted by molar-refractivity contribution is -0.116. The van der Waals surface area contributed by atoms with Crippen LogP contribution < -0.4 is 10.6 Å². The van der Waals surface area contributed by atoms with Crippen molar-refractivity contribution in [3.05, 3.63) is 0 Å². The minimum atomic E-state index is -0.345. The van der Waals surface area contributed by atoms with E-state index in [-0.39, 0.29) is 18.4 Å². The predicted octanol–water partition coefficient (Wildman–Crippen LogP) is -0.479. The van der Waals surface area contributed by atoms with E-state index in [1.54, 1.807) is 7.11 Å². The molecule has 0 aromatic heterocycles. The minimum absolute atomic E-state index is 0.0683. The average Bonchev–Trinajstić information content (AvgIpc) is 2.01. The molecule has 5 nitrogen and oxygen atoms in total. The highest BCUT2D eigenvalue weighted by Gasteiger charge is 1.98. The van der Waals surface area contributed by atoms with E-state index in [9.17, 15) is 9.59 Å². The lowest BCUT2D eigenvalue weighted by atomic mass is 10.4. The number of ketones is 1. The number of hydrogen-bond acceptors (Lipinski definition) is 3. The van der Waals surface area contributed by atoms with Gasteiger partial charge in [0.15, 0.2) is 0 Å². The Balaban J connectivity index is 3.28. The number of nitrogens with one attached hydrogen (secondary N) is 2. The number of carbonyl (C=O) groups excluding carboxylic acids is 2. The molecule has 0 bridgehead atoms. The fourth-order valence-electron chi connectivity index (χ4n) is 0.534. The maximum atomic E-state index is 10.8. The Morgan fingerprint density at radius 1 is 1.33 bits per heavy atom. The summed E-state index contributed by atoms with van der Waals surface area (Å²) >= 11 is 0. The summed E-state index contributed by atoms with van der Waals surface area (Å²) in [6.45, 7) is 2.39. The fraction of sp³-hybridized carbons (Fsp3) is 0.714. The molecule has 0 aliphatic rings. The second kappa shape index (κ2) is 6.60. The van der Waals surface area contributed by atoms with Gasteiger partial charge < -0.3 is 15.4 Å². The third-order valence-electron chi connectivity index (χ3n) is 1.09. The SMILES string of the molecule is COCCNC(=O)NCC(C)=O. The quantitative estimate of drug-likeness (QED) is 0.553. The van der Waals surface area contributed by atoms with Crippen molar-refractivity contribution in [1.82, 2.24) is 10.6 Å². The summed E-state index contributed by atoms with van der Waals surface area (Å²) in [6.07, 6.45) is 0. The van der Waals surface area contributed by atoms with Gasteiger partial charge in [-0.25, -0.2) is 4.79 Å². The zero-order valence-electron chi connectivity index (χ0n) is 7.35. The van der Waals surface area contributed by atoms with E-state index in [2.05, 4.69) is 10.6 Å². The normalized spacial score (nSPS) is 9.17. The molecule has 0 rings (SSSR count). The Morgan fingerprint density at radius 2 is 2.00 bits per heavy atom. The van der Waals surface area contributed by atoms with Crippen LogP contribution in [-0.4, -0.2) is 38.6 Å². The zero-order valence-corrected chi connectivity index (χ0v) is 7.35. The van der Waals surface area contributed by atoms with E-state index < -0.39 is 0 Å². The van der Waals surface area contributed by atoms with Crippen molar-refractivity contribution in [3.8, 4) is 0 Å². The highest BCUT2D eigenvalue weighted by atomic mass is 16.5. The Morgan fingerprint density at radius 3 is 2.50 bits per heavy atom. The van der Waals surface area contributed by atoms with Gasteiger partial charge in [0.2, 0.25) is 0 Å². The summed E-state index contributed by atoms with van der Waals surface area (Å²) in [5.74, 6) is -0.0723. The summed E-state index contributed by atoms with van der Waals surface area (Å²) in [6, 6.07) is -0.345. The van der Waals surface area contributed by atoms with Gasteiger partial charge in [-0.15, -0.1) is 0 Å². The molecule has 0 aliphatic carbocycles. The number of carbonyl (C=O) groups is 2. The van der Waals surface area contributed by atoms with Crippen LogP contribution in [0.2, 0.25) is 0 Å². The summed E-state index contributed by atoms with van der Waals surface area (Å²) in [7, 11) is 1.55. The van der Waals surface area contributed by atoms with Crippen LogP contribution in [-0.2, 0) is 9.53 Å². The maximum absolute atomic E-state index is 10.8. The smallest absolute Gasteiger partial charge is 0.315 e. The zero-order chi connectivity index (χ0) is 9.40. The van der Waals surface area contributed by atoms with Crippen LogP contribution in [0.3, 0.4) is 0 Å². The van der Waals surface area contributed by atoms with Gasteiger partial charge in [-0.3, -0.25) is 4.79 Å². The van der Waals surface area contributed by atoms with Crippen LogP contribution in [0.4, 0.5) is 4.79 Å². The highest BCUT2D eigenvalue weighted by molar-refractivity contribution is 5.83. The Labute approximate surface area is 71.5 Å². The molecule has 5 heteroatoms. The molecular formula is C7H14N2O3. The Bertz CT molecular complexity index is 159. The number of amides is 2. The topological polar surface area (TPSA) is 67.4 Å². The molecule has 0 fully saturated rings. The number of ether oxygens (including phenoxy) is 1. The van der Waals surface area contributed by atoms with Gasteiger partial charge in [0, 0.05) is 13.7 Å². The first-order valence-corrected chi connectivity index (χ1v) is 3.67. The molecule has 0 aliphatic heterocycles. The minimum Gasteiger partial charge on any atom is -0.383 e. The number of urea groups is 1. The third kappa shape index (κ3) is 7.01. The van der Waals surface area contributed by atoms with Crippen molar-refractivity contribution < 1.29 is 14.3 Å². The van der Waals surface area contributed by atoms with Gasteiger partial charge in [-0.05, 0) is 6.92 Å². The molecular weight excluding hydrogens is 160 g/mol. The second-order valence-electron chi connectivity index (χ2n) is 2.30. The van der Waals surface area contributed by atoms with E-state index >= 15 is 0 Å². The first-order valence-electron chi connectivity index (χ1n) is 3.67. The van der Waals surface area contributed by atoms with Crippen LogP contribution >= 0.6 is 0 Å². The van der Waals surface area contributed by atoms with E-state index in [1.807, 2.05) is 0 Å². The van der Waals surface area contributed by atoms with E-state index in [0.29, 0.717) is 13.2 Å². The number of hydrogen-bond donors (Lipinski definition) is 2. The highest BCUT2D eigenvalue weighted by Crippen LogP contribution is 1.69. The van der Waals surface area contributed by atoms with E-state index in [1.165, 1.54) is 6.92 Å². The van der Waals surface area contributed by atoms with Crippen LogP contribution in [0.5, 0.6) is 0 Å². The van der Waals surface area contributed by atoms with Crippen LogP contribution in [0.25, 0.3) is 0 Å². The molecule has 0 saturated carbocycles. The molecule has 70 valence electrons. The summed E-state index contributed by atoms with van der Waals surface area (Å²) in [5.41, 5.74) is 0. The van der Waals surface area contributed by atoms with Crippen LogP contribution in [0, 0.1) is 0 Å². The summed E-state index contributed by atoms with van der Waals surface area (Å²) in [5, 5.41) is 4.90. The third-order valence-corrected chi connectivity index (χ3v) is 1.09. The molecule has 2 N–H and O–H groups in total. The molecule has 0 radical (unpaired) electrons. The van der Waals surface area contributed by atoms with Gasteiger partial charge >= 0.3 is 6.03 Å². The van der Waals surface area contributed by atoms with E-state index in [4.69, 9.17) is 4.74 Å². The fourth-order valence-corrected chi connectivity index (χ4v) is 0.534. The van der Waals surface area contributed by atoms with Gasteiger partial charge in [0.25, 0.3) is 0 Å². The molecule has 0 unspecified atom stereocenters. The lowest BCUT2D eigenvalue weighted by Gasteiger charge is -2.04. The Kier molecular flexibility index (Phi) is 6.00. The number of methoxy groups -OCH3 is 1. The molecule has 12 heavy (non-hydrogen) atoms. The summed E-state index contributed by atoms with van der Waals surface area (Å²) in [4.78, 5) is 21.2. The monoisotopic (exact) mass is 174 g/mol. The van der Waals surface area contributed by atoms with Crippen molar-refractivity contribution in [1.29, 1.82) is 0 Å². The standard InChI is InChI=1S/C7H14N2O3/c1-6(10)5-9-7(11)8-3-4-12-2/h3-5H2,1-2H3,(H2,8,9,11). The first kappa shape index (κ1) is 10.9. The number of rotatable bonds is 5.